The van der Waals surface area contributed by atoms with Gasteiger partial charge in [-0.1, -0.05) is 6.07 Å². The van der Waals surface area contributed by atoms with E-state index >= 15 is 0 Å². The van der Waals surface area contributed by atoms with Crippen LogP contribution in [-0.2, 0) is 0 Å². The fraction of sp³-hybridized carbons (Fsp3) is 0.588. The standard InChI is InChI=1S/C17H23N3O/c1-19-11-13-7-8-20(15-4-5-15)17(13)12-3-6-16(21-2)14(9-12)10-18/h3,6,9,13,15,17,19H,4-5,7-8,11H2,1-2H3. The zero-order chi connectivity index (χ0) is 14.8. The van der Waals surface area contributed by atoms with Crippen LogP contribution in [0.3, 0.4) is 0 Å². The molecule has 0 bridgehead atoms. The molecule has 1 aromatic carbocycles. The van der Waals surface area contributed by atoms with Gasteiger partial charge in [-0.15, -0.1) is 0 Å². The smallest absolute Gasteiger partial charge is 0.136 e. The fourth-order valence-corrected chi connectivity index (χ4v) is 3.63. The van der Waals surface area contributed by atoms with Crippen molar-refractivity contribution < 1.29 is 4.74 Å². The lowest BCUT2D eigenvalue weighted by molar-refractivity contribution is 0.217. The topological polar surface area (TPSA) is 48.3 Å². The molecule has 1 aliphatic carbocycles. The van der Waals surface area contributed by atoms with Gasteiger partial charge in [0.25, 0.3) is 0 Å². The van der Waals surface area contributed by atoms with Gasteiger partial charge in [0, 0.05) is 12.1 Å². The molecule has 2 fully saturated rings. The molecular weight excluding hydrogens is 262 g/mol. The number of ether oxygens (including phenoxy) is 1. The van der Waals surface area contributed by atoms with E-state index in [4.69, 9.17) is 4.74 Å². The Morgan fingerprint density at radius 3 is 2.81 bits per heavy atom. The van der Waals surface area contributed by atoms with Gasteiger partial charge >= 0.3 is 0 Å². The summed E-state index contributed by atoms with van der Waals surface area (Å²) in [6.45, 7) is 2.21. The maximum Gasteiger partial charge on any atom is 0.136 e. The molecule has 1 saturated heterocycles. The highest BCUT2D eigenvalue weighted by atomic mass is 16.5. The molecule has 3 rings (SSSR count). The lowest BCUT2D eigenvalue weighted by atomic mass is 9.92. The van der Waals surface area contributed by atoms with Crippen LogP contribution in [0.1, 0.15) is 36.4 Å². The van der Waals surface area contributed by atoms with Gasteiger partial charge < -0.3 is 10.1 Å². The summed E-state index contributed by atoms with van der Waals surface area (Å²) in [6, 6.07) is 9.54. The predicted octanol–water partition coefficient (Wildman–Crippen LogP) is 2.31. The molecule has 1 aliphatic heterocycles. The molecule has 2 aliphatic rings. The molecule has 0 spiro atoms. The average molecular weight is 285 g/mol. The Bertz CT molecular complexity index is 547. The minimum Gasteiger partial charge on any atom is -0.495 e. The molecule has 1 N–H and O–H groups in total. The molecule has 0 amide bonds. The van der Waals surface area contributed by atoms with Crippen molar-refractivity contribution >= 4 is 0 Å². The molecule has 1 saturated carbocycles. The second-order valence-electron chi connectivity index (χ2n) is 6.09. The van der Waals surface area contributed by atoms with Crippen molar-refractivity contribution in [3.05, 3.63) is 29.3 Å². The highest BCUT2D eigenvalue weighted by Gasteiger charge is 2.42. The molecule has 0 aromatic heterocycles. The van der Waals surface area contributed by atoms with Crippen LogP contribution in [0.5, 0.6) is 5.75 Å². The maximum absolute atomic E-state index is 9.32. The largest absolute Gasteiger partial charge is 0.495 e. The van der Waals surface area contributed by atoms with Gasteiger partial charge in [-0.3, -0.25) is 4.90 Å². The Morgan fingerprint density at radius 2 is 2.19 bits per heavy atom. The summed E-state index contributed by atoms with van der Waals surface area (Å²) in [4.78, 5) is 2.64. The minimum atomic E-state index is 0.433. The van der Waals surface area contributed by atoms with E-state index in [9.17, 15) is 5.26 Å². The second kappa shape index (κ2) is 6.05. The first-order valence-electron chi connectivity index (χ1n) is 7.77. The SMILES string of the molecule is CNCC1CCN(C2CC2)C1c1ccc(OC)c(C#N)c1. The Labute approximate surface area is 126 Å². The third kappa shape index (κ3) is 2.76. The van der Waals surface area contributed by atoms with Crippen LogP contribution in [0, 0.1) is 17.2 Å². The molecule has 112 valence electrons. The Hall–Kier alpha value is -1.57. The van der Waals surface area contributed by atoms with E-state index in [1.54, 1.807) is 7.11 Å². The number of nitriles is 1. The summed E-state index contributed by atoms with van der Waals surface area (Å²) in [5.41, 5.74) is 1.90. The average Bonchev–Trinajstić information content (AvgIpc) is 3.28. The van der Waals surface area contributed by atoms with Crippen molar-refractivity contribution in [2.24, 2.45) is 5.92 Å². The number of nitrogens with zero attached hydrogens (tertiary/aromatic N) is 2. The number of hydrogen-bond acceptors (Lipinski definition) is 4. The van der Waals surface area contributed by atoms with Crippen LogP contribution in [0.2, 0.25) is 0 Å². The summed E-state index contributed by atoms with van der Waals surface area (Å²) in [5.74, 6) is 1.29. The van der Waals surface area contributed by atoms with Gasteiger partial charge in [0.15, 0.2) is 0 Å². The molecule has 0 radical (unpaired) electrons. The van der Waals surface area contributed by atoms with Gasteiger partial charge in [0.2, 0.25) is 0 Å². The van der Waals surface area contributed by atoms with Gasteiger partial charge in [-0.05, 0) is 63.0 Å². The van der Waals surface area contributed by atoms with E-state index < -0.39 is 0 Å². The lowest BCUT2D eigenvalue weighted by Crippen LogP contribution is -2.30. The number of nitrogens with one attached hydrogen (secondary N) is 1. The molecule has 21 heavy (non-hydrogen) atoms. The summed E-state index contributed by atoms with van der Waals surface area (Å²) in [5, 5.41) is 12.6. The molecule has 2 atom stereocenters. The van der Waals surface area contributed by atoms with E-state index in [1.807, 2.05) is 19.2 Å². The van der Waals surface area contributed by atoms with E-state index in [-0.39, 0.29) is 0 Å². The van der Waals surface area contributed by atoms with Crippen LogP contribution in [0.15, 0.2) is 18.2 Å². The highest BCUT2D eigenvalue weighted by molar-refractivity contribution is 5.46. The molecule has 4 nitrogen and oxygen atoms in total. The molecule has 2 unspecified atom stereocenters. The van der Waals surface area contributed by atoms with Crippen LogP contribution in [0.25, 0.3) is 0 Å². The van der Waals surface area contributed by atoms with E-state index in [1.165, 1.54) is 31.4 Å². The van der Waals surface area contributed by atoms with Crippen molar-refractivity contribution in [1.82, 2.24) is 10.2 Å². The summed E-state index contributed by atoms with van der Waals surface area (Å²) in [6.07, 6.45) is 3.88. The molecule has 1 aromatic rings. The van der Waals surface area contributed by atoms with Crippen LogP contribution in [0.4, 0.5) is 0 Å². The van der Waals surface area contributed by atoms with E-state index in [2.05, 4.69) is 22.4 Å². The maximum atomic E-state index is 9.32. The number of methoxy groups -OCH3 is 1. The van der Waals surface area contributed by atoms with Crippen molar-refractivity contribution in [2.75, 3.05) is 27.2 Å². The minimum absolute atomic E-state index is 0.433. The van der Waals surface area contributed by atoms with Crippen molar-refractivity contribution in [3.63, 3.8) is 0 Å². The third-order valence-corrected chi connectivity index (χ3v) is 4.73. The van der Waals surface area contributed by atoms with Crippen LogP contribution >= 0.6 is 0 Å². The third-order valence-electron chi connectivity index (χ3n) is 4.73. The summed E-state index contributed by atoms with van der Waals surface area (Å²) >= 11 is 0. The molecule has 1 heterocycles. The normalized spacial score (nSPS) is 25.8. The van der Waals surface area contributed by atoms with Crippen molar-refractivity contribution in [2.45, 2.75) is 31.3 Å². The number of hydrogen-bond donors (Lipinski definition) is 1. The molecular formula is C17H23N3O. The Balaban J connectivity index is 1.92. The first-order valence-corrected chi connectivity index (χ1v) is 7.77. The zero-order valence-corrected chi connectivity index (χ0v) is 12.8. The monoisotopic (exact) mass is 285 g/mol. The summed E-state index contributed by atoms with van der Waals surface area (Å²) < 4.78 is 5.27. The highest BCUT2D eigenvalue weighted by Crippen LogP contribution is 2.44. The van der Waals surface area contributed by atoms with Gasteiger partial charge in [0.1, 0.15) is 11.8 Å². The van der Waals surface area contributed by atoms with Crippen molar-refractivity contribution in [1.29, 1.82) is 5.26 Å². The predicted molar refractivity (Wildman–Crippen MR) is 82.2 cm³/mol. The fourth-order valence-electron chi connectivity index (χ4n) is 3.63. The Kier molecular flexibility index (Phi) is 4.14. The molecule has 4 heteroatoms. The Morgan fingerprint density at radius 1 is 1.38 bits per heavy atom. The quantitative estimate of drug-likeness (QED) is 0.902. The number of likely N-dealkylation sites (tertiary alicyclic amines) is 1. The van der Waals surface area contributed by atoms with E-state index in [0.717, 1.165) is 12.6 Å². The zero-order valence-electron chi connectivity index (χ0n) is 12.8. The van der Waals surface area contributed by atoms with Gasteiger partial charge in [-0.2, -0.15) is 5.26 Å². The lowest BCUT2D eigenvalue weighted by Gasteiger charge is -2.29. The first-order chi connectivity index (χ1) is 10.3. The van der Waals surface area contributed by atoms with Crippen molar-refractivity contribution in [3.8, 4) is 11.8 Å². The summed E-state index contributed by atoms with van der Waals surface area (Å²) in [7, 11) is 3.64. The number of benzene rings is 1. The number of rotatable bonds is 5. The van der Waals surface area contributed by atoms with Crippen LogP contribution in [-0.4, -0.2) is 38.2 Å². The van der Waals surface area contributed by atoms with Gasteiger partial charge in [-0.25, -0.2) is 0 Å². The second-order valence-corrected chi connectivity index (χ2v) is 6.09. The first kappa shape index (κ1) is 14.4. The van der Waals surface area contributed by atoms with Gasteiger partial charge in [0.05, 0.1) is 12.7 Å². The van der Waals surface area contributed by atoms with E-state index in [0.29, 0.717) is 23.3 Å². The van der Waals surface area contributed by atoms with Crippen LogP contribution < -0.4 is 10.1 Å².